The summed E-state index contributed by atoms with van der Waals surface area (Å²) < 4.78 is 5.98. The van der Waals surface area contributed by atoms with E-state index in [1.807, 2.05) is 27.8 Å². The molecule has 0 aromatic carbocycles. The summed E-state index contributed by atoms with van der Waals surface area (Å²) >= 11 is 0. The third-order valence-electron chi connectivity index (χ3n) is 4.86. The van der Waals surface area contributed by atoms with Gasteiger partial charge in [0, 0.05) is 12.3 Å². The molecule has 0 amide bonds. The fourth-order valence-corrected chi connectivity index (χ4v) is 3.10. The molecule has 4 heterocycles. The average Bonchev–Trinajstić information content (AvgIpc) is 3.17. The molecule has 0 spiro atoms. The summed E-state index contributed by atoms with van der Waals surface area (Å²) in [5.74, 6) is 0. The van der Waals surface area contributed by atoms with Crippen molar-refractivity contribution in [1.82, 2.24) is 19.4 Å². The van der Waals surface area contributed by atoms with Crippen LogP contribution >= 0.6 is 0 Å². The van der Waals surface area contributed by atoms with Gasteiger partial charge in [0.05, 0.1) is 17.5 Å². The minimum Gasteiger partial charge on any atom is -0.237 e. The van der Waals surface area contributed by atoms with E-state index in [0.29, 0.717) is 0 Å². The highest BCUT2D eigenvalue weighted by atomic mass is 15.4. The van der Waals surface area contributed by atoms with Gasteiger partial charge in [-0.3, -0.25) is 0 Å². The van der Waals surface area contributed by atoms with E-state index >= 15 is 0 Å². The Morgan fingerprint density at radius 2 is 1.65 bits per heavy atom. The van der Waals surface area contributed by atoms with Gasteiger partial charge in [0.2, 0.25) is 6.33 Å². The quantitative estimate of drug-likeness (QED) is 0.490. The summed E-state index contributed by atoms with van der Waals surface area (Å²) in [6.45, 7) is 13.3. The molecule has 4 rings (SSSR count). The lowest BCUT2D eigenvalue weighted by Crippen LogP contribution is -2.23. The first-order chi connectivity index (χ1) is 12.1. The van der Waals surface area contributed by atoms with Crippen molar-refractivity contribution in [3.63, 3.8) is 0 Å². The van der Waals surface area contributed by atoms with E-state index < -0.39 is 0 Å². The number of nitrogens with zero attached hydrogens (tertiary/aromatic N) is 5. The van der Waals surface area contributed by atoms with Gasteiger partial charge in [-0.2, -0.15) is 5.10 Å². The average molecular weight is 348 g/mol. The maximum absolute atomic E-state index is 4.80. The Labute approximate surface area is 153 Å². The van der Waals surface area contributed by atoms with Gasteiger partial charge in [0.25, 0.3) is 0 Å². The summed E-state index contributed by atoms with van der Waals surface area (Å²) in [6, 6.07) is 8.48. The van der Waals surface area contributed by atoms with E-state index in [1.54, 1.807) is 0 Å². The first-order valence-corrected chi connectivity index (χ1v) is 9.02. The van der Waals surface area contributed by atoms with Crippen LogP contribution in [0.2, 0.25) is 0 Å². The lowest BCUT2D eigenvalue weighted by atomic mass is 9.88. The molecule has 4 aromatic rings. The molecule has 0 N–H and O–H groups in total. The molecule has 26 heavy (non-hydrogen) atoms. The Morgan fingerprint density at radius 3 is 2.35 bits per heavy atom. The van der Waals surface area contributed by atoms with Gasteiger partial charge in [-0.15, -0.1) is 0 Å². The fraction of sp³-hybridized carbons (Fsp3) is 0.381. The third kappa shape index (κ3) is 2.77. The highest BCUT2D eigenvalue weighted by molar-refractivity contribution is 5.64. The van der Waals surface area contributed by atoms with Crippen molar-refractivity contribution in [3.05, 3.63) is 60.3 Å². The number of rotatable bonds is 1. The largest absolute Gasteiger partial charge is 0.306 e. The second-order valence-electron chi connectivity index (χ2n) is 9.02. The smallest absolute Gasteiger partial charge is 0.237 e. The van der Waals surface area contributed by atoms with Crippen molar-refractivity contribution >= 4 is 11.2 Å². The molecule has 0 saturated carbocycles. The first kappa shape index (κ1) is 16.8. The van der Waals surface area contributed by atoms with Gasteiger partial charge in [-0.05, 0) is 40.2 Å². The van der Waals surface area contributed by atoms with Crippen molar-refractivity contribution in [3.8, 4) is 5.69 Å². The molecule has 0 unspecified atom stereocenters. The van der Waals surface area contributed by atoms with Crippen molar-refractivity contribution < 1.29 is 4.40 Å². The molecule has 134 valence electrons. The van der Waals surface area contributed by atoms with Crippen LogP contribution in [0.5, 0.6) is 0 Å². The predicted octanol–water partition coefficient (Wildman–Crippen LogP) is 3.85. The predicted molar refractivity (Wildman–Crippen MR) is 103 cm³/mol. The molecular formula is C21H26N5+. The minimum atomic E-state index is 0.0357. The van der Waals surface area contributed by atoms with E-state index in [1.165, 1.54) is 11.1 Å². The lowest BCUT2D eigenvalue weighted by Gasteiger charge is -2.19. The topological polar surface area (TPSA) is 39.2 Å². The highest BCUT2D eigenvalue weighted by Crippen LogP contribution is 2.27. The third-order valence-corrected chi connectivity index (χ3v) is 4.86. The molecule has 0 saturated heterocycles. The van der Waals surface area contributed by atoms with Crippen molar-refractivity contribution in [1.29, 1.82) is 0 Å². The van der Waals surface area contributed by atoms with Gasteiger partial charge < -0.3 is 0 Å². The lowest BCUT2D eigenvalue weighted by molar-refractivity contribution is -0.513. The zero-order valence-corrected chi connectivity index (χ0v) is 16.4. The van der Waals surface area contributed by atoms with Gasteiger partial charge in [0.1, 0.15) is 5.52 Å². The van der Waals surface area contributed by atoms with Crippen LogP contribution in [0.15, 0.2) is 49.2 Å². The van der Waals surface area contributed by atoms with Crippen molar-refractivity contribution in [2.45, 2.75) is 52.4 Å². The number of hydrogen-bond donors (Lipinski definition) is 0. The highest BCUT2D eigenvalue weighted by Gasteiger charge is 2.22. The van der Waals surface area contributed by atoms with Crippen molar-refractivity contribution in [2.75, 3.05) is 0 Å². The monoisotopic (exact) mass is 348 g/mol. The Bertz CT molecular complexity index is 1100. The molecule has 0 aliphatic heterocycles. The Balaban J connectivity index is 1.93. The van der Waals surface area contributed by atoms with E-state index in [0.717, 1.165) is 16.9 Å². The molecule has 4 aromatic heterocycles. The summed E-state index contributed by atoms with van der Waals surface area (Å²) in [6.07, 6.45) is 8.14. The van der Waals surface area contributed by atoms with E-state index in [9.17, 15) is 0 Å². The van der Waals surface area contributed by atoms with Crippen molar-refractivity contribution in [2.24, 2.45) is 0 Å². The summed E-state index contributed by atoms with van der Waals surface area (Å²) in [5.41, 5.74) is 5.66. The standard InChI is InChI=1S/C21H26N5/c1-20(2,3)15-7-8-19-23-26(14-24(19)12-15)18-11-16(21(4,5)6)13-25-17(18)9-10-22-25/h7-14H,1-6H3/q+1. The van der Waals surface area contributed by atoms with Gasteiger partial charge in [-0.1, -0.05) is 46.2 Å². The van der Waals surface area contributed by atoms with Gasteiger partial charge >= 0.3 is 5.65 Å². The SMILES string of the molecule is CC(C)(C)c1cc(-n2c[n+]3cc(C(C)(C)C)ccc3n2)c2ccnn2c1. The number of hydrogen-bond acceptors (Lipinski definition) is 2. The molecule has 0 fully saturated rings. The van der Waals surface area contributed by atoms with Gasteiger partial charge in [-0.25, -0.2) is 8.92 Å². The van der Waals surface area contributed by atoms with Crippen LogP contribution < -0.4 is 4.40 Å². The molecule has 0 atom stereocenters. The Morgan fingerprint density at radius 1 is 0.923 bits per heavy atom. The number of pyridine rings is 2. The second-order valence-corrected chi connectivity index (χ2v) is 9.02. The van der Waals surface area contributed by atoms with Crippen LogP contribution in [0.25, 0.3) is 16.9 Å². The van der Waals surface area contributed by atoms with Crippen LogP contribution in [0.1, 0.15) is 52.7 Å². The molecule has 0 bridgehead atoms. The maximum atomic E-state index is 4.80. The van der Waals surface area contributed by atoms with Crippen LogP contribution in [-0.2, 0) is 10.8 Å². The number of aromatic nitrogens is 5. The van der Waals surface area contributed by atoms with Crippen LogP contribution in [-0.4, -0.2) is 19.4 Å². The molecule has 0 aliphatic carbocycles. The van der Waals surface area contributed by atoms with E-state index in [4.69, 9.17) is 5.10 Å². The molecular weight excluding hydrogens is 322 g/mol. The van der Waals surface area contributed by atoms with Gasteiger partial charge in [0.15, 0.2) is 5.69 Å². The Hall–Kier alpha value is -2.69. The molecule has 0 radical (unpaired) electrons. The molecule has 5 heteroatoms. The summed E-state index contributed by atoms with van der Waals surface area (Å²) in [5, 5.41) is 9.25. The number of fused-ring (bicyclic) bond motifs is 2. The maximum Gasteiger partial charge on any atom is 0.306 e. The fourth-order valence-electron chi connectivity index (χ4n) is 3.10. The van der Waals surface area contributed by atoms with Crippen LogP contribution in [0.3, 0.4) is 0 Å². The van der Waals surface area contributed by atoms with Crippen LogP contribution in [0, 0.1) is 0 Å². The second kappa shape index (κ2) is 5.40. The Kier molecular flexibility index (Phi) is 3.48. The molecule has 0 aliphatic rings. The first-order valence-electron chi connectivity index (χ1n) is 9.02. The van der Waals surface area contributed by atoms with Crippen LogP contribution in [0.4, 0.5) is 0 Å². The summed E-state index contributed by atoms with van der Waals surface area (Å²) in [4.78, 5) is 0. The van der Waals surface area contributed by atoms with E-state index in [-0.39, 0.29) is 10.8 Å². The summed E-state index contributed by atoms with van der Waals surface area (Å²) in [7, 11) is 0. The molecule has 5 nitrogen and oxygen atoms in total. The normalized spacial score (nSPS) is 13.0. The zero-order chi connectivity index (χ0) is 18.7. The minimum absolute atomic E-state index is 0.0357. The zero-order valence-electron chi connectivity index (χ0n) is 16.4. The van der Waals surface area contributed by atoms with E-state index in [2.05, 4.69) is 81.6 Å².